The number of hydrogen-bond donors (Lipinski definition) is 2. The first kappa shape index (κ1) is 15.1. The van der Waals surface area contributed by atoms with Gasteiger partial charge in [-0.1, -0.05) is 6.07 Å². The Bertz CT molecular complexity index is 756. The van der Waals surface area contributed by atoms with Crippen molar-refractivity contribution in [3.63, 3.8) is 0 Å². The van der Waals surface area contributed by atoms with Crippen molar-refractivity contribution in [1.82, 2.24) is 19.5 Å². The van der Waals surface area contributed by atoms with Crippen molar-refractivity contribution in [3.05, 3.63) is 41.5 Å². The zero-order valence-corrected chi connectivity index (χ0v) is 12.3. The lowest BCUT2D eigenvalue weighted by Crippen LogP contribution is -2.27. The smallest absolute Gasteiger partial charge is 0.335 e. The van der Waals surface area contributed by atoms with Gasteiger partial charge in [-0.05, 0) is 24.6 Å². The number of carboxylic acid groups (broad SMARTS) is 1. The van der Waals surface area contributed by atoms with Crippen LogP contribution in [0.15, 0.2) is 29.4 Å². The summed E-state index contributed by atoms with van der Waals surface area (Å²) in [6, 6.07) is 4.01. The first-order chi connectivity index (χ1) is 9.82. The minimum Gasteiger partial charge on any atom is -0.478 e. The van der Waals surface area contributed by atoms with Gasteiger partial charge in [-0.15, -0.1) is 0 Å². The molecular weight excluding hydrogens is 296 g/mol. The van der Waals surface area contributed by atoms with Crippen molar-refractivity contribution >= 4 is 16.0 Å². The van der Waals surface area contributed by atoms with Crippen molar-refractivity contribution in [1.29, 1.82) is 0 Å². The average molecular weight is 310 g/mol. The Labute approximate surface area is 121 Å². The highest BCUT2D eigenvalue weighted by molar-refractivity contribution is 7.89. The van der Waals surface area contributed by atoms with Crippen LogP contribution in [0.25, 0.3) is 0 Å². The third-order valence-corrected chi connectivity index (χ3v) is 4.78. The maximum atomic E-state index is 12.4. The lowest BCUT2D eigenvalue weighted by atomic mass is 10.1. The number of rotatable bonds is 5. The minimum atomic E-state index is -3.81. The molecule has 0 atom stereocenters. The summed E-state index contributed by atoms with van der Waals surface area (Å²) in [4.78, 5) is 14.9. The van der Waals surface area contributed by atoms with Crippen LogP contribution < -0.4 is 0 Å². The third-order valence-electron chi connectivity index (χ3n) is 2.98. The van der Waals surface area contributed by atoms with E-state index in [2.05, 4.69) is 15.2 Å². The highest BCUT2D eigenvalue weighted by atomic mass is 32.2. The number of sulfonamides is 1. The molecule has 112 valence electrons. The molecule has 0 amide bonds. The molecule has 1 aromatic heterocycles. The van der Waals surface area contributed by atoms with E-state index in [1.165, 1.54) is 25.5 Å². The van der Waals surface area contributed by atoms with E-state index in [1.807, 2.05) is 0 Å². The molecule has 8 nitrogen and oxygen atoms in total. The molecule has 0 aliphatic rings. The number of nitrogens with one attached hydrogen (secondary N) is 1. The van der Waals surface area contributed by atoms with E-state index in [0.717, 1.165) is 10.4 Å². The number of aromatic nitrogens is 3. The molecule has 0 unspecified atom stereocenters. The van der Waals surface area contributed by atoms with Crippen molar-refractivity contribution in [2.75, 3.05) is 7.05 Å². The number of carbonyl (C=O) groups is 1. The molecule has 2 aromatic rings. The summed E-state index contributed by atoms with van der Waals surface area (Å²) in [7, 11) is -2.42. The SMILES string of the molecule is Cc1ccc(S(=O)(=O)N(C)Cc2ncn[nH]2)cc1C(=O)O. The Morgan fingerprint density at radius 1 is 1.43 bits per heavy atom. The van der Waals surface area contributed by atoms with E-state index in [4.69, 9.17) is 5.11 Å². The Hall–Kier alpha value is -2.26. The van der Waals surface area contributed by atoms with E-state index in [-0.39, 0.29) is 17.0 Å². The highest BCUT2D eigenvalue weighted by Gasteiger charge is 2.23. The summed E-state index contributed by atoms with van der Waals surface area (Å²) in [6.07, 6.45) is 1.28. The van der Waals surface area contributed by atoms with Crippen LogP contribution in [0.5, 0.6) is 0 Å². The van der Waals surface area contributed by atoms with Gasteiger partial charge in [0.05, 0.1) is 17.0 Å². The van der Waals surface area contributed by atoms with Gasteiger partial charge < -0.3 is 5.11 Å². The fourth-order valence-electron chi connectivity index (χ4n) is 1.77. The maximum absolute atomic E-state index is 12.4. The normalized spacial score (nSPS) is 11.8. The van der Waals surface area contributed by atoms with Gasteiger partial charge in [0.1, 0.15) is 12.2 Å². The fraction of sp³-hybridized carbons (Fsp3) is 0.250. The van der Waals surface area contributed by atoms with Crippen LogP contribution in [0.2, 0.25) is 0 Å². The van der Waals surface area contributed by atoms with Crippen molar-refractivity contribution < 1.29 is 18.3 Å². The van der Waals surface area contributed by atoms with E-state index >= 15 is 0 Å². The molecule has 0 aliphatic heterocycles. The van der Waals surface area contributed by atoms with Crippen LogP contribution in [0.4, 0.5) is 0 Å². The summed E-state index contributed by atoms with van der Waals surface area (Å²) >= 11 is 0. The number of aromatic amines is 1. The predicted octanol–water partition coefficient (Wildman–Crippen LogP) is 0.632. The largest absolute Gasteiger partial charge is 0.478 e. The van der Waals surface area contributed by atoms with Crippen LogP contribution in [0.1, 0.15) is 21.7 Å². The Morgan fingerprint density at radius 2 is 2.14 bits per heavy atom. The van der Waals surface area contributed by atoms with E-state index in [0.29, 0.717) is 11.4 Å². The molecule has 1 heterocycles. The number of hydrogen-bond acceptors (Lipinski definition) is 5. The average Bonchev–Trinajstić information content (AvgIpc) is 2.91. The Balaban J connectivity index is 2.35. The molecule has 1 aromatic carbocycles. The Kier molecular flexibility index (Phi) is 4.05. The van der Waals surface area contributed by atoms with Gasteiger partial charge in [-0.3, -0.25) is 5.10 Å². The van der Waals surface area contributed by atoms with Crippen molar-refractivity contribution in [2.45, 2.75) is 18.4 Å². The molecule has 0 spiro atoms. The lowest BCUT2D eigenvalue weighted by Gasteiger charge is -2.16. The third kappa shape index (κ3) is 3.09. The molecule has 21 heavy (non-hydrogen) atoms. The number of benzene rings is 1. The second kappa shape index (κ2) is 5.62. The minimum absolute atomic E-state index is 0.0125. The molecular formula is C12H14N4O4S. The maximum Gasteiger partial charge on any atom is 0.335 e. The van der Waals surface area contributed by atoms with E-state index < -0.39 is 16.0 Å². The van der Waals surface area contributed by atoms with Gasteiger partial charge in [0, 0.05) is 7.05 Å². The standard InChI is InChI=1S/C12H14N4O4S/c1-8-3-4-9(5-10(8)12(17)18)21(19,20)16(2)6-11-13-7-14-15-11/h3-5,7H,6H2,1-2H3,(H,17,18)(H,13,14,15). The summed E-state index contributed by atoms with van der Waals surface area (Å²) < 4.78 is 25.9. The van der Waals surface area contributed by atoms with Gasteiger partial charge in [-0.2, -0.15) is 9.40 Å². The zero-order valence-electron chi connectivity index (χ0n) is 11.4. The molecule has 0 radical (unpaired) electrons. The summed E-state index contributed by atoms with van der Waals surface area (Å²) in [5, 5.41) is 15.3. The summed E-state index contributed by atoms with van der Waals surface area (Å²) in [6.45, 7) is 1.62. The quantitative estimate of drug-likeness (QED) is 0.836. The number of carboxylic acids is 1. The van der Waals surface area contributed by atoms with Gasteiger partial charge in [0.25, 0.3) is 0 Å². The second-order valence-electron chi connectivity index (χ2n) is 4.48. The predicted molar refractivity (Wildman–Crippen MR) is 73.2 cm³/mol. The van der Waals surface area contributed by atoms with Crippen LogP contribution in [0.3, 0.4) is 0 Å². The van der Waals surface area contributed by atoms with E-state index in [1.54, 1.807) is 6.92 Å². The molecule has 0 saturated carbocycles. The first-order valence-corrected chi connectivity index (χ1v) is 7.41. The fourth-order valence-corrected chi connectivity index (χ4v) is 2.93. The molecule has 0 aliphatic carbocycles. The second-order valence-corrected chi connectivity index (χ2v) is 6.52. The van der Waals surface area contributed by atoms with Crippen LogP contribution in [0, 0.1) is 6.92 Å². The summed E-state index contributed by atoms with van der Waals surface area (Å²) in [5.74, 6) is -0.769. The van der Waals surface area contributed by atoms with Crippen molar-refractivity contribution in [2.24, 2.45) is 0 Å². The van der Waals surface area contributed by atoms with Crippen LogP contribution in [-0.4, -0.2) is 46.0 Å². The topological polar surface area (TPSA) is 116 Å². The van der Waals surface area contributed by atoms with E-state index in [9.17, 15) is 13.2 Å². The van der Waals surface area contributed by atoms with Gasteiger partial charge >= 0.3 is 5.97 Å². The van der Waals surface area contributed by atoms with Crippen LogP contribution >= 0.6 is 0 Å². The number of H-pyrrole nitrogens is 1. The van der Waals surface area contributed by atoms with Gasteiger partial charge in [-0.25, -0.2) is 18.2 Å². The van der Waals surface area contributed by atoms with Gasteiger partial charge in [0.15, 0.2) is 0 Å². The monoisotopic (exact) mass is 310 g/mol. The molecule has 2 rings (SSSR count). The lowest BCUT2D eigenvalue weighted by molar-refractivity contribution is 0.0696. The number of aryl methyl sites for hydroxylation is 1. The number of nitrogens with zero attached hydrogens (tertiary/aromatic N) is 3. The summed E-state index contributed by atoms with van der Waals surface area (Å²) in [5.41, 5.74) is 0.462. The van der Waals surface area contributed by atoms with Crippen molar-refractivity contribution in [3.8, 4) is 0 Å². The van der Waals surface area contributed by atoms with Gasteiger partial charge in [0.2, 0.25) is 10.0 Å². The molecule has 0 saturated heterocycles. The molecule has 2 N–H and O–H groups in total. The molecule has 0 bridgehead atoms. The molecule has 0 fully saturated rings. The van der Waals surface area contributed by atoms with Crippen LogP contribution in [-0.2, 0) is 16.6 Å². The Morgan fingerprint density at radius 3 is 2.71 bits per heavy atom. The zero-order chi connectivity index (χ0) is 15.6. The number of aromatic carboxylic acids is 1. The highest BCUT2D eigenvalue weighted by Crippen LogP contribution is 2.19. The molecule has 9 heteroatoms. The first-order valence-electron chi connectivity index (χ1n) is 5.97.